The maximum Gasteiger partial charge on any atom is 0.175 e. The van der Waals surface area contributed by atoms with Crippen LogP contribution in [0.3, 0.4) is 0 Å². The Labute approximate surface area is 134 Å². The average Bonchev–Trinajstić information content (AvgIpc) is 2.45. The van der Waals surface area contributed by atoms with Gasteiger partial charge in [-0.3, -0.25) is 0 Å². The fourth-order valence-electron chi connectivity index (χ4n) is 2.12. The highest BCUT2D eigenvalue weighted by atomic mass is 79.9. The molecule has 0 spiro atoms. The zero-order chi connectivity index (χ0) is 15.5. The van der Waals surface area contributed by atoms with Gasteiger partial charge in [-0.05, 0) is 48.4 Å². The van der Waals surface area contributed by atoms with Crippen LogP contribution in [0.2, 0.25) is 0 Å². The number of hydrogen-bond donors (Lipinski definition) is 1. The Morgan fingerprint density at radius 3 is 2.10 bits per heavy atom. The normalized spacial score (nSPS) is 12.9. The summed E-state index contributed by atoms with van der Waals surface area (Å²) >= 11 is 3.43. The van der Waals surface area contributed by atoms with Gasteiger partial charge in [0.2, 0.25) is 0 Å². The number of benzene rings is 2. The Hall–Kier alpha value is -1.33. The lowest BCUT2D eigenvalue weighted by Crippen LogP contribution is -2.09. The van der Waals surface area contributed by atoms with E-state index in [-0.39, 0.29) is 6.04 Å². The predicted molar refractivity (Wildman–Crippen MR) is 90.3 cm³/mol. The van der Waals surface area contributed by atoms with E-state index in [1.165, 1.54) is 11.8 Å². The van der Waals surface area contributed by atoms with Crippen molar-refractivity contribution in [1.82, 2.24) is 0 Å². The summed E-state index contributed by atoms with van der Waals surface area (Å²) < 4.78 is 24.0. The molecule has 21 heavy (non-hydrogen) atoms. The quantitative estimate of drug-likeness (QED) is 0.850. The predicted octanol–water partition coefficient (Wildman–Crippen LogP) is 4.42. The fraction of sp³-hybridized carbons (Fsp3) is 0.250. The Morgan fingerprint density at radius 2 is 1.62 bits per heavy atom. The van der Waals surface area contributed by atoms with Gasteiger partial charge in [-0.15, -0.1) is 0 Å². The summed E-state index contributed by atoms with van der Waals surface area (Å²) in [7, 11) is -3.14. The van der Waals surface area contributed by atoms with Crippen LogP contribution in [0.15, 0.2) is 57.9 Å². The van der Waals surface area contributed by atoms with Crippen LogP contribution in [0, 0.1) is 0 Å². The molecule has 0 aliphatic heterocycles. The van der Waals surface area contributed by atoms with Gasteiger partial charge in [-0.25, -0.2) is 8.42 Å². The van der Waals surface area contributed by atoms with Gasteiger partial charge in [0.15, 0.2) is 9.84 Å². The van der Waals surface area contributed by atoms with Crippen LogP contribution in [-0.4, -0.2) is 14.7 Å². The molecule has 2 aromatic rings. The maximum absolute atomic E-state index is 11.5. The van der Waals surface area contributed by atoms with Crippen LogP contribution in [0.5, 0.6) is 0 Å². The van der Waals surface area contributed by atoms with Crippen molar-refractivity contribution < 1.29 is 8.42 Å². The zero-order valence-electron chi connectivity index (χ0n) is 12.0. The van der Waals surface area contributed by atoms with Gasteiger partial charge in [-0.1, -0.05) is 35.0 Å². The first-order valence-electron chi connectivity index (χ1n) is 6.72. The number of rotatable bonds is 5. The lowest BCUT2D eigenvalue weighted by atomic mass is 10.0. The maximum atomic E-state index is 11.5. The van der Waals surface area contributed by atoms with E-state index >= 15 is 0 Å². The van der Waals surface area contributed by atoms with Crippen LogP contribution >= 0.6 is 15.9 Å². The first-order chi connectivity index (χ1) is 9.90. The minimum absolute atomic E-state index is 0.196. The SMILES string of the molecule is CCC(Nc1ccc(S(C)(=O)=O)cc1)c1ccc(Br)cc1. The molecular formula is C16H18BrNO2S. The molecule has 0 bridgehead atoms. The number of sulfone groups is 1. The van der Waals surface area contributed by atoms with E-state index in [0.717, 1.165) is 16.6 Å². The Kier molecular flexibility index (Phi) is 5.06. The minimum atomic E-state index is -3.14. The van der Waals surface area contributed by atoms with Crippen molar-refractivity contribution in [2.24, 2.45) is 0 Å². The first-order valence-corrected chi connectivity index (χ1v) is 9.40. The number of anilines is 1. The summed E-state index contributed by atoms with van der Waals surface area (Å²) in [4.78, 5) is 0.338. The van der Waals surface area contributed by atoms with Crippen LogP contribution in [0.25, 0.3) is 0 Å². The van der Waals surface area contributed by atoms with E-state index in [4.69, 9.17) is 0 Å². The Balaban J connectivity index is 2.17. The molecule has 5 heteroatoms. The highest BCUT2D eigenvalue weighted by Gasteiger charge is 2.10. The molecule has 0 aliphatic rings. The van der Waals surface area contributed by atoms with Crippen molar-refractivity contribution in [1.29, 1.82) is 0 Å². The molecule has 112 valence electrons. The number of halogens is 1. The summed E-state index contributed by atoms with van der Waals surface area (Å²) in [5.41, 5.74) is 2.12. The molecule has 0 saturated heterocycles. The highest BCUT2D eigenvalue weighted by molar-refractivity contribution is 9.10. The number of hydrogen-bond acceptors (Lipinski definition) is 3. The van der Waals surface area contributed by atoms with Gasteiger partial charge in [0.1, 0.15) is 0 Å². The van der Waals surface area contributed by atoms with Gasteiger partial charge in [0, 0.05) is 16.4 Å². The fourth-order valence-corrected chi connectivity index (χ4v) is 3.01. The van der Waals surface area contributed by atoms with Crippen molar-refractivity contribution >= 4 is 31.5 Å². The standard InChI is InChI=1S/C16H18BrNO2S/c1-3-16(12-4-6-13(17)7-5-12)18-14-8-10-15(11-9-14)21(2,19)20/h4-11,16,18H,3H2,1-2H3. The lowest BCUT2D eigenvalue weighted by Gasteiger charge is -2.19. The first kappa shape index (κ1) is 16.0. The molecule has 0 amide bonds. The third-order valence-electron chi connectivity index (χ3n) is 3.30. The molecule has 1 atom stereocenters. The second kappa shape index (κ2) is 6.62. The highest BCUT2D eigenvalue weighted by Crippen LogP contribution is 2.24. The summed E-state index contributed by atoms with van der Waals surface area (Å²) in [6.07, 6.45) is 2.15. The molecule has 0 radical (unpaired) electrons. The monoisotopic (exact) mass is 367 g/mol. The van der Waals surface area contributed by atoms with E-state index in [9.17, 15) is 8.42 Å². The molecule has 0 heterocycles. The molecular weight excluding hydrogens is 350 g/mol. The third kappa shape index (κ3) is 4.32. The number of nitrogens with one attached hydrogen (secondary N) is 1. The van der Waals surface area contributed by atoms with Gasteiger partial charge in [0.25, 0.3) is 0 Å². The van der Waals surface area contributed by atoms with Gasteiger partial charge < -0.3 is 5.32 Å². The van der Waals surface area contributed by atoms with E-state index in [2.05, 4.69) is 40.3 Å². The van der Waals surface area contributed by atoms with Crippen LogP contribution in [0.1, 0.15) is 24.9 Å². The second-order valence-electron chi connectivity index (χ2n) is 4.95. The molecule has 2 aromatic carbocycles. The largest absolute Gasteiger partial charge is 0.378 e. The molecule has 2 rings (SSSR count). The topological polar surface area (TPSA) is 46.2 Å². The zero-order valence-corrected chi connectivity index (χ0v) is 14.4. The van der Waals surface area contributed by atoms with Gasteiger partial charge >= 0.3 is 0 Å². The average molecular weight is 368 g/mol. The van der Waals surface area contributed by atoms with Crippen LogP contribution < -0.4 is 5.32 Å². The van der Waals surface area contributed by atoms with Crippen molar-refractivity contribution in [2.45, 2.75) is 24.3 Å². The molecule has 1 unspecified atom stereocenters. The summed E-state index contributed by atoms with van der Waals surface area (Å²) in [5, 5.41) is 3.43. The van der Waals surface area contributed by atoms with Crippen LogP contribution in [-0.2, 0) is 9.84 Å². The van der Waals surface area contributed by atoms with E-state index < -0.39 is 9.84 Å². The molecule has 0 aromatic heterocycles. The van der Waals surface area contributed by atoms with Gasteiger partial charge in [0.05, 0.1) is 10.9 Å². The van der Waals surface area contributed by atoms with Crippen molar-refractivity contribution in [3.8, 4) is 0 Å². The van der Waals surface area contributed by atoms with Crippen molar-refractivity contribution in [2.75, 3.05) is 11.6 Å². The third-order valence-corrected chi connectivity index (χ3v) is 4.96. The second-order valence-corrected chi connectivity index (χ2v) is 7.88. The lowest BCUT2D eigenvalue weighted by molar-refractivity contribution is 0.602. The van der Waals surface area contributed by atoms with E-state index in [1.54, 1.807) is 24.3 Å². The molecule has 0 fully saturated rings. The Morgan fingerprint density at radius 1 is 1.05 bits per heavy atom. The van der Waals surface area contributed by atoms with E-state index in [1.807, 2.05) is 12.1 Å². The summed E-state index contributed by atoms with van der Waals surface area (Å²) in [5.74, 6) is 0. The summed E-state index contributed by atoms with van der Waals surface area (Å²) in [6.45, 7) is 2.12. The smallest absolute Gasteiger partial charge is 0.175 e. The molecule has 1 N–H and O–H groups in total. The van der Waals surface area contributed by atoms with Crippen LogP contribution in [0.4, 0.5) is 5.69 Å². The molecule has 0 saturated carbocycles. The van der Waals surface area contributed by atoms with Crippen molar-refractivity contribution in [3.63, 3.8) is 0 Å². The van der Waals surface area contributed by atoms with Crippen molar-refractivity contribution in [3.05, 3.63) is 58.6 Å². The van der Waals surface area contributed by atoms with Gasteiger partial charge in [-0.2, -0.15) is 0 Å². The molecule has 0 aliphatic carbocycles. The molecule has 3 nitrogen and oxygen atoms in total. The minimum Gasteiger partial charge on any atom is -0.378 e. The van der Waals surface area contributed by atoms with E-state index in [0.29, 0.717) is 4.90 Å². The Bertz CT molecular complexity index is 694. The summed E-state index contributed by atoms with van der Waals surface area (Å²) in [6, 6.07) is 15.3.